The van der Waals surface area contributed by atoms with Crippen molar-refractivity contribution in [3.05, 3.63) is 53.3 Å². The predicted molar refractivity (Wildman–Crippen MR) is 97.9 cm³/mol. The van der Waals surface area contributed by atoms with E-state index in [1.807, 2.05) is 0 Å². The average Bonchev–Trinajstić information content (AvgIpc) is 3.24. The van der Waals surface area contributed by atoms with E-state index in [1.165, 1.54) is 28.1 Å². The molecule has 11 nitrogen and oxygen atoms in total. The molecule has 1 aromatic carbocycles. The van der Waals surface area contributed by atoms with Gasteiger partial charge in [0.05, 0.1) is 6.54 Å². The minimum Gasteiger partial charge on any atom is -0.486 e. The first-order chi connectivity index (χ1) is 13.7. The molecule has 0 bridgehead atoms. The topological polar surface area (TPSA) is 125 Å². The van der Waals surface area contributed by atoms with Crippen LogP contribution in [0.2, 0.25) is 0 Å². The molecule has 0 spiro atoms. The lowest BCUT2D eigenvalue weighted by Crippen LogP contribution is -2.34. The van der Waals surface area contributed by atoms with Gasteiger partial charge in [0.2, 0.25) is 0 Å². The van der Waals surface area contributed by atoms with E-state index in [2.05, 4.69) is 25.8 Å². The lowest BCUT2D eigenvalue weighted by atomic mass is 10.2. The summed E-state index contributed by atoms with van der Waals surface area (Å²) in [4.78, 5) is 27.9. The first kappa shape index (κ1) is 17.5. The number of carbonyl (C=O) groups excluding carboxylic acids is 1. The molecule has 2 aromatic heterocycles. The predicted octanol–water partition coefficient (Wildman–Crippen LogP) is 0.417. The number of benzene rings is 1. The summed E-state index contributed by atoms with van der Waals surface area (Å²) in [7, 11) is 0. The summed E-state index contributed by atoms with van der Waals surface area (Å²) in [6.07, 6.45) is 2.86. The van der Waals surface area contributed by atoms with Crippen molar-refractivity contribution >= 4 is 11.7 Å². The highest BCUT2D eigenvalue weighted by atomic mass is 16.6. The first-order valence-corrected chi connectivity index (χ1v) is 8.57. The maximum Gasteiger partial charge on any atom is 0.319 e. The number of rotatable bonds is 5. The molecule has 1 aliphatic heterocycles. The van der Waals surface area contributed by atoms with Crippen LogP contribution in [0.4, 0.5) is 10.5 Å². The van der Waals surface area contributed by atoms with Gasteiger partial charge in [-0.3, -0.25) is 4.79 Å². The molecular weight excluding hydrogens is 366 g/mol. The number of amides is 2. The van der Waals surface area contributed by atoms with Crippen molar-refractivity contribution in [3.8, 4) is 17.3 Å². The number of nitrogens with one attached hydrogen (secondary N) is 2. The van der Waals surface area contributed by atoms with E-state index in [9.17, 15) is 9.59 Å². The lowest BCUT2D eigenvalue weighted by molar-refractivity contribution is 0.171. The molecule has 0 radical (unpaired) electrons. The van der Waals surface area contributed by atoms with E-state index < -0.39 is 6.03 Å². The van der Waals surface area contributed by atoms with Gasteiger partial charge in [0, 0.05) is 24.4 Å². The molecule has 144 valence electrons. The third kappa shape index (κ3) is 3.92. The Kier molecular flexibility index (Phi) is 4.87. The monoisotopic (exact) mass is 383 g/mol. The number of fused-ring (bicyclic) bond motifs is 1. The number of nitrogens with zero attached hydrogens (tertiary/aromatic N) is 5. The molecule has 4 rings (SSSR count). The van der Waals surface area contributed by atoms with Crippen LogP contribution in [0.5, 0.6) is 11.5 Å². The van der Waals surface area contributed by atoms with Gasteiger partial charge in [-0.05, 0) is 18.2 Å². The zero-order valence-corrected chi connectivity index (χ0v) is 14.7. The van der Waals surface area contributed by atoms with Crippen molar-refractivity contribution in [2.45, 2.75) is 6.54 Å². The van der Waals surface area contributed by atoms with Crippen LogP contribution in [0.1, 0.15) is 0 Å². The maximum absolute atomic E-state index is 12.1. The zero-order chi connectivity index (χ0) is 19.3. The standard InChI is InChI=1S/C17H17N7O4/c25-16-4-3-15(24-11-18-10-20-24)22-23(16)6-5-19-17(26)21-12-1-2-13-14(9-12)28-8-7-27-13/h1-4,9-11H,5-8H2,(H2,19,21,26). The molecular formula is C17H17N7O4. The fourth-order valence-electron chi connectivity index (χ4n) is 2.62. The van der Waals surface area contributed by atoms with Gasteiger partial charge in [0.1, 0.15) is 25.9 Å². The summed E-state index contributed by atoms with van der Waals surface area (Å²) in [5.74, 6) is 1.69. The molecule has 0 saturated heterocycles. The Labute approximate surface area is 158 Å². The largest absolute Gasteiger partial charge is 0.486 e. The highest BCUT2D eigenvalue weighted by molar-refractivity contribution is 5.89. The number of hydrogen-bond acceptors (Lipinski definition) is 7. The molecule has 2 N–H and O–H groups in total. The summed E-state index contributed by atoms with van der Waals surface area (Å²) in [6, 6.07) is 7.69. The average molecular weight is 383 g/mol. The number of anilines is 1. The second kappa shape index (κ2) is 7.78. The van der Waals surface area contributed by atoms with Crippen molar-refractivity contribution in [2.75, 3.05) is 25.1 Å². The summed E-state index contributed by atoms with van der Waals surface area (Å²) in [6.45, 7) is 1.39. The molecule has 0 atom stereocenters. The summed E-state index contributed by atoms with van der Waals surface area (Å²) < 4.78 is 13.6. The fourth-order valence-corrected chi connectivity index (χ4v) is 2.62. The van der Waals surface area contributed by atoms with Crippen molar-refractivity contribution < 1.29 is 14.3 Å². The molecule has 2 amide bonds. The Morgan fingerprint density at radius 3 is 2.82 bits per heavy atom. The SMILES string of the molecule is O=C(NCCn1nc(-n2cncn2)ccc1=O)Nc1ccc2c(c1)OCCO2. The van der Waals surface area contributed by atoms with Gasteiger partial charge in [-0.25, -0.2) is 19.1 Å². The zero-order valence-electron chi connectivity index (χ0n) is 14.7. The number of hydrogen-bond donors (Lipinski definition) is 2. The molecule has 3 aromatic rings. The number of carbonyl (C=O) groups is 1. The Hall–Kier alpha value is -3.89. The van der Waals surface area contributed by atoms with Crippen LogP contribution in [0.25, 0.3) is 5.82 Å². The molecule has 11 heteroatoms. The third-order valence-corrected chi connectivity index (χ3v) is 3.92. The Morgan fingerprint density at radius 2 is 2.00 bits per heavy atom. The first-order valence-electron chi connectivity index (χ1n) is 8.57. The molecule has 0 saturated carbocycles. The Balaban J connectivity index is 1.33. The minimum absolute atomic E-state index is 0.204. The number of aromatic nitrogens is 5. The molecule has 28 heavy (non-hydrogen) atoms. The highest BCUT2D eigenvalue weighted by Crippen LogP contribution is 2.32. The van der Waals surface area contributed by atoms with Crippen LogP contribution in [0.15, 0.2) is 47.8 Å². The van der Waals surface area contributed by atoms with Crippen LogP contribution in [0, 0.1) is 0 Å². The minimum atomic E-state index is -0.405. The van der Waals surface area contributed by atoms with Gasteiger partial charge < -0.3 is 20.1 Å². The summed E-state index contributed by atoms with van der Waals surface area (Å²) >= 11 is 0. The Morgan fingerprint density at radius 1 is 1.14 bits per heavy atom. The van der Waals surface area contributed by atoms with Crippen LogP contribution in [-0.4, -0.2) is 50.3 Å². The van der Waals surface area contributed by atoms with E-state index in [4.69, 9.17) is 9.47 Å². The second-order valence-corrected chi connectivity index (χ2v) is 5.83. The maximum atomic E-state index is 12.1. The summed E-state index contributed by atoms with van der Waals surface area (Å²) in [5, 5.41) is 13.6. The van der Waals surface area contributed by atoms with Gasteiger partial charge in [-0.15, -0.1) is 5.10 Å². The molecule has 0 aliphatic carbocycles. The van der Waals surface area contributed by atoms with Crippen molar-refractivity contribution in [3.63, 3.8) is 0 Å². The van der Waals surface area contributed by atoms with Crippen LogP contribution in [0.3, 0.4) is 0 Å². The molecule has 1 aliphatic rings. The summed E-state index contributed by atoms with van der Waals surface area (Å²) in [5.41, 5.74) is 0.295. The normalized spacial score (nSPS) is 12.4. The smallest absolute Gasteiger partial charge is 0.319 e. The van der Waals surface area contributed by atoms with Gasteiger partial charge in [0.25, 0.3) is 5.56 Å². The van der Waals surface area contributed by atoms with Crippen LogP contribution in [-0.2, 0) is 6.54 Å². The lowest BCUT2D eigenvalue weighted by Gasteiger charge is -2.19. The Bertz CT molecular complexity index is 1030. The van der Waals surface area contributed by atoms with Crippen LogP contribution < -0.4 is 25.7 Å². The van der Waals surface area contributed by atoms with Crippen molar-refractivity contribution in [2.24, 2.45) is 0 Å². The van der Waals surface area contributed by atoms with Crippen molar-refractivity contribution in [1.29, 1.82) is 0 Å². The van der Waals surface area contributed by atoms with Gasteiger partial charge in [0.15, 0.2) is 17.3 Å². The fraction of sp³-hybridized carbons (Fsp3) is 0.235. The van der Waals surface area contributed by atoms with Gasteiger partial charge >= 0.3 is 6.03 Å². The van der Waals surface area contributed by atoms with Gasteiger partial charge in [-0.2, -0.15) is 5.10 Å². The van der Waals surface area contributed by atoms with E-state index in [1.54, 1.807) is 24.3 Å². The second-order valence-electron chi connectivity index (χ2n) is 5.83. The van der Waals surface area contributed by atoms with E-state index in [0.29, 0.717) is 36.2 Å². The van der Waals surface area contributed by atoms with Crippen LogP contribution >= 0.6 is 0 Å². The number of ether oxygens (including phenoxy) is 2. The van der Waals surface area contributed by atoms with E-state index in [0.717, 1.165) is 0 Å². The highest BCUT2D eigenvalue weighted by Gasteiger charge is 2.12. The van der Waals surface area contributed by atoms with Gasteiger partial charge in [-0.1, -0.05) is 0 Å². The number of urea groups is 1. The molecule has 0 unspecified atom stereocenters. The molecule has 3 heterocycles. The third-order valence-electron chi connectivity index (χ3n) is 3.92. The quantitative estimate of drug-likeness (QED) is 0.654. The molecule has 0 fully saturated rings. The van der Waals surface area contributed by atoms with E-state index >= 15 is 0 Å². The van der Waals surface area contributed by atoms with Crippen molar-refractivity contribution in [1.82, 2.24) is 29.9 Å². The van der Waals surface area contributed by atoms with E-state index in [-0.39, 0.29) is 18.6 Å².